The van der Waals surface area contributed by atoms with Gasteiger partial charge < -0.3 is 5.73 Å². The molecule has 0 aliphatic heterocycles. The minimum atomic E-state index is 0.232. The van der Waals surface area contributed by atoms with Gasteiger partial charge >= 0.3 is 0 Å². The van der Waals surface area contributed by atoms with Crippen LogP contribution in [-0.4, -0.2) is 12.3 Å². The molecule has 0 aliphatic rings. The minimum Gasteiger partial charge on any atom is -0.358 e. The molecule has 0 aromatic carbocycles. The maximum absolute atomic E-state index is 10.8. The largest absolute Gasteiger partial charge is 0.358 e. The summed E-state index contributed by atoms with van der Waals surface area (Å²) in [5.41, 5.74) is 3.70. The molecule has 0 spiro atoms. The Hall–Kier alpha value is -0.630. The van der Waals surface area contributed by atoms with Crippen molar-refractivity contribution < 1.29 is 10.5 Å². The summed E-state index contributed by atoms with van der Waals surface area (Å²) in [6.45, 7) is 2.79. The Labute approximate surface area is 62.1 Å². The summed E-state index contributed by atoms with van der Waals surface area (Å²) in [4.78, 5) is 10.8. The van der Waals surface area contributed by atoms with Gasteiger partial charge in [0.1, 0.15) is 0 Å². The van der Waals surface area contributed by atoms with Crippen LogP contribution in [0.5, 0.6) is 0 Å². The van der Waals surface area contributed by atoms with Crippen molar-refractivity contribution in [1.29, 1.82) is 0 Å². The van der Waals surface area contributed by atoms with E-state index in [0.29, 0.717) is 6.42 Å². The summed E-state index contributed by atoms with van der Waals surface area (Å²) < 4.78 is 0. The van der Waals surface area contributed by atoms with Crippen LogP contribution in [0.1, 0.15) is 26.2 Å². The molecule has 0 unspecified atom stereocenters. The second kappa shape index (κ2) is 6.49. The molecule has 0 atom stereocenters. The molecular weight excluding hydrogens is 126 g/mol. The first kappa shape index (κ1) is 9.37. The fraction of sp³-hybridized carbons (Fsp3) is 0.625. The van der Waals surface area contributed by atoms with Crippen LogP contribution in [0.3, 0.4) is 0 Å². The van der Waals surface area contributed by atoms with Crippen LogP contribution in [0.25, 0.3) is 0 Å². The molecule has 2 heteroatoms. The van der Waals surface area contributed by atoms with Gasteiger partial charge in [-0.2, -0.15) is 0 Å². The lowest BCUT2D eigenvalue weighted by Crippen LogP contribution is -2.50. The van der Waals surface area contributed by atoms with Gasteiger partial charge in [-0.25, -0.2) is 0 Å². The van der Waals surface area contributed by atoms with Crippen molar-refractivity contribution in [3.8, 4) is 0 Å². The molecule has 0 radical (unpaired) electrons. The SMILES string of the molecule is C/C=C/C(=O)CCCC[NH3+]. The highest BCUT2D eigenvalue weighted by Gasteiger charge is 1.94. The molecule has 0 fully saturated rings. The van der Waals surface area contributed by atoms with E-state index in [4.69, 9.17) is 0 Å². The van der Waals surface area contributed by atoms with E-state index in [1.807, 2.05) is 6.92 Å². The summed E-state index contributed by atoms with van der Waals surface area (Å²) in [6.07, 6.45) is 6.13. The van der Waals surface area contributed by atoms with Crippen molar-refractivity contribution in [3.05, 3.63) is 12.2 Å². The van der Waals surface area contributed by atoms with Gasteiger partial charge in [0.2, 0.25) is 0 Å². The second-order valence-electron chi connectivity index (χ2n) is 2.28. The molecule has 0 saturated heterocycles. The summed E-state index contributed by atoms with van der Waals surface area (Å²) in [5, 5.41) is 0. The first-order valence-corrected chi connectivity index (χ1v) is 3.76. The molecule has 0 heterocycles. The van der Waals surface area contributed by atoms with E-state index in [-0.39, 0.29) is 5.78 Å². The van der Waals surface area contributed by atoms with Gasteiger partial charge in [0.05, 0.1) is 6.54 Å². The molecular formula is C8H16NO+. The normalized spacial score (nSPS) is 10.6. The van der Waals surface area contributed by atoms with Crippen LogP contribution in [0, 0.1) is 0 Å². The minimum absolute atomic E-state index is 0.232. The fourth-order valence-corrected chi connectivity index (χ4v) is 0.745. The average molecular weight is 142 g/mol. The van der Waals surface area contributed by atoms with Gasteiger partial charge in [0.15, 0.2) is 5.78 Å². The highest BCUT2D eigenvalue weighted by Crippen LogP contribution is 1.94. The van der Waals surface area contributed by atoms with E-state index in [1.54, 1.807) is 12.2 Å². The highest BCUT2D eigenvalue weighted by molar-refractivity contribution is 5.89. The second-order valence-corrected chi connectivity index (χ2v) is 2.28. The van der Waals surface area contributed by atoms with Crippen LogP contribution in [0.15, 0.2) is 12.2 Å². The van der Waals surface area contributed by atoms with Crippen LogP contribution in [-0.2, 0) is 4.79 Å². The topological polar surface area (TPSA) is 44.7 Å². The number of hydrogen-bond acceptors (Lipinski definition) is 1. The summed E-state index contributed by atoms with van der Waals surface area (Å²) in [7, 11) is 0. The zero-order valence-electron chi connectivity index (χ0n) is 6.60. The molecule has 0 amide bonds. The fourth-order valence-electron chi connectivity index (χ4n) is 0.745. The maximum atomic E-state index is 10.8. The molecule has 0 aliphatic carbocycles. The molecule has 58 valence electrons. The number of allylic oxidation sites excluding steroid dienone is 2. The Morgan fingerprint density at radius 3 is 2.70 bits per heavy atom. The molecule has 0 rings (SSSR count). The van der Waals surface area contributed by atoms with E-state index in [0.717, 1.165) is 19.4 Å². The predicted molar refractivity (Wildman–Crippen MR) is 41.4 cm³/mol. The van der Waals surface area contributed by atoms with Gasteiger partial charge in [-0.05, 0) is 25.8 Å². The number of rotatable bonds is 5. The van der Waals surface area contributed by atoms with E-state index >= 15 is 0 Å². The number of unbranched alkanes of at least 4 members (excludes halogenated alkanes) is 1. The monoisotopic (exact) mass is 142 g/mol. The Morgan fingerprint density at radius 1 is 1.50 bits per heavy atom. The van der Waals surface area contributed by atoms with Gasteiger partial charge in [-0.15, -0.1) is 0 Å². The third kappa shape index (κ3) is 5.51. The molecule has 3 N–H and O–H groups in total. The summed E-state index contributed by atoms with van der Waals surface area (Å²) >= 11 is 0. The lowest BCUT2D eigenvalue weighted by Gasteiger charge is -1.91. The van der Waals surface area contributed by atoms with Crippen molar-refractivity contribution in [2.24, 2.45) is 0 Å². The standard InChI is InChI=1S/C8H15NO/c1-2-5-8(10)6-3-4-7-9/h2,5H,3-4,6-7,9H2,1H3/p+1/b5-2+. The number of carbonyl (C=O) groups excluding carboxylic acids is 1. The quantitative estimate of drug-likeness (QED) is 0.442. The zero-order valence-corrected chi connectivity index (χ0v) is 6.60. The molecule has 0 saturated carbocycles. The third-order valence-electron chi connectivity index (χ3n) is 1.28. The maximum Gasteiger partial charge on any atom is 0.155 e. The summed E-state index contributed by atoms with van der Waals surface area (Å²) in [6, 6.07) is 0. The number of ketones is 1. The van der Waals surface area contributed by atoms with Crippen molar-refractivity contribution in [2.75, 3.05) is 6.54 Å². The Morgan fingerprint density at radius 2 is 2.20 bits per heavy atom. The molecule has 0 aromatic rings. The van der Waals surface area contributed by atoms with Crippen molar-refractivity contribution in [1.82, 2.24) is 0 Å². The molecule has 0 bridgehead atoms. The Bertz CT molecular complexity index is 118. The Balaban J connectivity index is 3.22. The molecule has 10 heavy (non-hydrogen) atoms. The lowest BCUT2D eigenvalue weighted by atomic mass is 10.2. The number of hydrogen-bond donors (Lipinski definition) is 1. The van der Waals surface area contributed by atoms with Crippen molar-refractivity contribution >= 4 is 5.78 Å². The zero-order chi connectivity index (χ0) is 7.82. The lowest BCUT2D eigenvalue weighted by molar-refractivity contribution is -0.368. The van der Waals surface area contributed by atoms with Crippen LogP contribution in [0.4, 0.5) is 0 Å². The van der Waals surface area contributed by atoms with Crippen LogP contribution >= 0.6 is 0 Å². The average Bonchev–Trinajstić information content (AvgIpc) is 1.89. The van der Waals surface area contributed by atoms with Crippen LogP contribution in [0.2, 0.25) is 0 Å². The first-order valence-electron chi connectivity index (χ1n) is 3.76. The van der Waals surface area contributed by atoms with Gasteiger partial charge in [-0.1, -0.05) is 6.08 Å². The van der Waals surface area contributed by atoms with Crippen molar-refractivity contribution in [2.45, 2.75) is 26.2 Å². The van der Waals surface area contributed by atoms with Gasteiger partial charge in [-0.3, -0.25) is 4.79 Å². The third-order valence-corrected chi connectivity index (χ3v) is 1.28. The van der Waals surface area contributed by atoms with E-state index in [9.17, 15) is 4.79 Å². The number of carbonyl (C=O) groups is 1. The van der Waals surface area contributed by atoms with E-state index in [2.05, 4.69) is 5.73 Å². The first-order chi connectivity index (χ1) is 4.81. The highest BCUT2D eigenvalue weighted by atomic mass is 16.1. The molecule has 2 nitrogen and oxygen atoms in total. The summed E-state index contributed by atoms with van der Waals surface area (Å²) in [5.74, 6) is 0.232. The van der Waals surface area contributed by atoms with Crippen LogP contribution < -0.4 is 5.73 Å². The number of quaternary nitrogens is 1. The smallest absolute Gasteiger partial charge is 0.155 e. The van der Waals surface area contributed by atoms with Gasteiger partial charge in [0.25, 0.3) is 0 Å². The predicted octanol–water partition coefficient (Wildman–Crippen LogP) is 0.544. The Kier molecular flexibility index (Phi) is 6.08. The molecule has 0 aromatic heterocycles. The van der Waals surface area contributed by atoms with E-state index in [1.165, 1.54) is 0 Å². The van der Waals surface area contributed by atoms with Gasteiger partial charge in [0, 0.05) is 6.42 Å². The van der Waals surface area contributed by atoms with Crippen molar-refractivity contribution in [3.63, 3.8) is 0 Å². The van der Waals surface area contributed by atoms with E-state index < -0.39 is 0 Å².